The van der Waals surface area contributed by atoms with Crippen molar-refractivity contribution in [2.75, 3.05) is 0 Å². The first kappa shape index (κ1) is 21.5. The summed E-state index contributed by atoms with van der Waals surface area (Å²) in [6, 6.07) is 0.480. The lowest BCUT2D eigenvalue weighted by atomic mass is 9.58. The average Bonchev–Trinajstić information content (AvgIpc) is 2.36. The van der Waals surface area contributed by atoms with E-state index in [0.717, 1.165) is 19.3 Å². The zero-order chi connectivity index (χ0) is 17.9. The Bertz CT molecular complexity index is 360. The van der Waals surface area contributed by atoms with Crippen LogP contribution in [-0.4, -0.2) is 22.9 Å². The van der Waals surface area contributed by atoms with Crippen LogP contribution in [0, 0.1) is 16.2 Å². The fourth-order valence-electron chi connectivity index (χ4n) is 3.43. The predicted octanol–water partition coefficient (Wildman–Crippen LogP) is 5.90. The van der Waals surface area contributed by atoms with E-state index >= 15 is 0 Å². The molecule has 0 aromatic carbocycles. The summed E-state index contributed by atoms with van der Waals surface area (Å²) in [5.41, 5.74) is -0.176. The van der Waals surface area contributed by atoms with E-state index in [1.165, 1.54) is 0 Å². The molecule has 2 heteroatoms. The molecule has 1 unspecified atom stereocenters. The van der Waals surface area contributed by atoms with E-state index in [1.54, 1.807) is 0 Å². The zero-order valence-corrected chi connectivity index (χ0v) is 17.1. The molecule has 22 heavy (non-hydrogen) atoms. The fraction of sp³-hybridized carbons (Fsp3) is 0.950. The topological polar surface area (TPSA) is 20.3 Å². The highest BCUT2D eigenvalue weighted by Crippen LogP contribution is 2.51. The third kappa shape index (κ3) is 4.49. The molecule has 1 atom stereocenters. The van der Waals surface area contributed by atoms with Crippen LogP contribution in [0.2, 0.25) is 0 Å². The van der Waals surface area contributed by atoms with Gasteiger partial charge in [-0.3, -0.25) is 4.79 Å². The second-order valence-electron chi connectivity index (χ2n) is 9.16. The molecule has 1 amide bonds. The van der Waals surface area contributed by atoms with E-state index in [4.69, 9.17) is 0 Å². The van der Waals surface area contributed by atoms with Crippen LogP contribution in [0.3, 0.4) is 0 Å². The molecule has 0 saturated carbocycles. The molecule has 0 aromatic rings. The van der Waals surface area contributed by atoms with E-state index in [0.29, 0.717) is 5.91 Å². The Kier molecular flexibility index (Phi) is 7.18. The number of hydrogen-bond donors (Lipinski definition) is 0. The SMILES string of the molecule is CCC(C)(C)CC(C)(C(=O)N(C(C)C)C(C)C)C(C)(C)CC. The lowest BCUT2D eigenvalue weighted by molar-refractivity contribution is -0.156. The minimum absolute atomic E-state index is 0.0153. The van der Waals surface area contributed by atoms with Crippen LogP contribution in [0.1, 0.15) is 95.4 Å². The van der Waals surface area contributed by atoms with E-state index in [1.807, 2.05) is 0 Å². The van der Waals surface area contributed by atoms with Gasteiger partial charge in [-0.25, -0.2) is 0 Å². The third-order valence-corrected chi connectivity index (χ3v) is 5.99. The molecule has 0 aromatic heterocycles. The lowest BCUT2D eigenvalue weighted by Gasteiger charge is -2.50. The summed E-state index contributed by atoms with van der Waals surface area (Å²) < 4.78 is 0. The van der Waals surface area contributed by atoms with Gasteiger partial charge in [-0.15, -0.1) is 0 Å². The van der Waals surface area contributed by atoms with Crippen LogP contribution in [-0.2, 0) is 4.79 Å². The van der Waals surface area contributed by atoms with Gasteiger partial charge in [0.2, 0.25) is 5.91 Å². The van der Waals surface area contributed by atoms with Crippen molar-refractivity contribution in [3.05, 3.63) is 0 Å². The van der Waals surface area contributed by atoms with Crippen LogP contribution < -0.4 is 0 Å². The second kappa shape index (κ2) is 7.36. The highest BCUT2D eigenvalue weighted by molar-refractivity contribution is 5.84. The number of amides is 1. The maximum Gasteiger partial charge on any atom is 0.229 e. The van der Waals surface area contributed by atoms with Crippen molar-refractivity contribution in [3.8, 4) is 0 Å². The maximum absolute atomic E-state index is 13.6. The summed E-state index contributed by atoms with van der Waals surface area (Å²) in [7, 11) is 0. The minimum atomic E-state index is -0.337. The Labute approximate surface area is 140 Å². The van der Waals surface area contributed by atoms with Crippen molar-refractivity contribution in [3.63, 3.8) is 0 Å². The number of carbonyl (C=O) groups excluding carboxylic acids is 1. The normalized spacial score (nSPS) is 16.0. The first-order valence-corrected chi connectivity index (χ1v) is 9.08. The van der Waals surface area contributed by atoms with Gasteiger partial charge in [0.1, 0.15) is 0 Å². The molecule has 0 radical (unpaired) electrons. The highest BCUT2D eigenvalue weighted by atomic mass is 16.2. The van der Waals surface area contributed by atoms with Gasteiger partial charge in [0, 0.05) is 12.1 Å². The maximum atomic E-state index is 13.6. The fourth-order valence-corrected chi connectivity index (χ4v) is 3.43. The van der Waals surface area contributed by atoms with Crippen LogP contribution >= 0.6 is 0 Å². The summed E-state index contributed by atoms with van der Waals surface area (Å²) in [6.45, 7) is 24.2. The van der Waals surface area contributed by atoms with Crippen molar-refractivity contribution in [2.24, 2.45) is 16.2 Å². The first-order valence-electron chi connectivity index (χ1n) is 9.08. The molecule has 0 aliphatic carbocycles. The van der Waals surface area contributed by atoms with Gasteiger partial charge in [0.25, 0.3) is 0 Å². The van der Waals surface area contributed by atoms with Gasteiger partial charge >= 0.3 is 0 Å². The molecule has 0 N–H and O–H groups in total. The van der Waals surface area contributed by atoms with Gasteiger partial charge < -0.3 is 4.90 Å². The Morgan fingerprint density at radius 1 is 0.864 bits per heavy atom. The standard InChI is InChI=1S/C20H41NO/c1-12-18(7,8)14-20(11,19(9,10)13-2)17(22)21(15(3)4)16(5)6/h15-16H,12-14H2,1-11H3. The summed E-state index contributed by atoms with van der Waals surface area (Å²) in [5, 5.41) is 0. The Morgan fingerprint density at radius 3 is 1.55 bits per heavy atom. The molecule has 2 nitrogen and oxygen atoms in total. The molecule has 0 aliphatic rings. The molecule has 0 spiro atoms. The van der Waals surface area contributed by atoms with Crippen LogP contribution in [0.5, 0.6) is 0 Å². The van der Waals surface area contributed by atoms with Gasteiger partial charge in [-0.1, -0.05) is 54.9 Å². The van der Waals surface area contributed by atoms with Crippen LogP contribution in [0.25, 0.3) is 0 Å². The summed E-state index contributed by atoms with van der Waals surface area (Å²) >= 11 is 0. The Hall–Kier alpha value is -0.530. The summed E-state index contributed by atoms with van der Waals surface area (Å²) in [4.78, 5) is 15.7. The summed E-state index contributed by atoms with van der Waals surface area (Å²) in [5.74, 6) is 0.325. The van der Waals surface area contributed by atoms with Crippen molar-refractivity contribution in [2.45, 2.75) is 108 Å². The van der Waals surface area contributed by atoms with Gasteiger partial charge in [-0.05, 0) is 51.4 Å². The molecule has 0 bridgehead atoms. The van der Waals surface area contributed by atoms with E-state index in [2.05, 4.69) is 81.1 Å². The van der Waals surface area contributed by atoms with Crippen molar-refractivity contribution < 1.29 is 4.79 Å². The predicted molar refractivity (Wildman–Crippen MR) is 98.0 cm³/mol. The monoisotopic (exact) mass is 311 g/mol. The first-order chi connectivity index (χ1) is 9.75. The molecule has 0 heterocycles. The average molecular weight is 312 g/mol. The van der Waals surface area contributed by atoms with Crippen molar-refractivity contribution in [1.29, 1.82) is 0 Å². The smallest absolute Gasteiger partial charge is 0.229 e. The molecule has 0 saturated heterocycles. The quantitative estimate of drug-likeness (QED) is 0.546. The number of carbonyl (C=O) groups is 1. The lowest BCUT2D eigenvalue weighted by Crippen LogP contribution is -2.55. The molecule has 132 valence electrons. The van der Waals surface area contributed by atoms with Gasteiger partial charge in [-0.2, -0.15) is 0 Å². The molecule has 0 aliphatic heterocycles. The van der Waals surface area contributed by atoms with Gasteiger partial charge in [0.15, 0.2) is 0 Å². The molecular formula is C20H41NO. The summed E-state index contributed by atoms with van der Waals surface area (Å²) in [6.07, 6.45) is 3.05. The van der Waals surface area contributed by atoms with E-state index < -0.39 is 0 Å². The minimum Gasteiger partial charge on any atom is -0.337 e. The van der Waals surface area contributed by atoms with Crippen LogP contribution in [0.4, 0.5) is 0 Å². The Morgan fingerprint density at radius 2 is 1.27 bits per heavy atom. The zero-order valence-electron chi connectivity index (χ0n) is 17.1. The molecular weight excluding hydrogens is 270 g/mol. The van der Waals surface area contributed by atoms with E-state index in [9.17, 15) is 4.79 Å². The van der Waals surface area contributed by atoms with Crippen molar-refractivity contribution >= 4 is 5.91 Å². The van der Waals surface area contributed by atoms with Crippen molar-refractivity contribution in [1.82, 2.24) is 4.90 Å². The van der Waals surface area contributed by atoms with Crippen LogP contribution in [0.15, 0.2) is 0 Å². The third-order valence-electron chi connectivity index (χ3n) is 5.99. The Balaban J connectivity index is 5.93. The van der Waals surface area contributed by atoms with Gasteiger partial charge in [0.05, 0.1) is 5.41 Å². The molecule has 0 fully saturated rings. The largest absolute Gasteiger partial charge is 0.337 e. The second-order valence-corrected chi connectivity index (χ2v) is 9.16. The number of nitrogens with zero attached hydrogens (tertiary/aromatic N) is 1. The number of hydrogen-bond acceptors (Lipinski definition) is 1. The van der Waals surface area contributed by atoms with E-state index in [-0.39, 0.29) is 28.3 Å². The number of rotatable bonds is 8. The highest BCUT2D eigenvalue weighted by Gasteiger charge is 2.50. The molecule has 0 rings (SSSR count).